The first-order valence-electron chi connectivity index (χ1n) is 13.5. The molecule has 0 radical (unpaired) electrons. The lowest BCUT2D eigenvalue weighted by molar-refractivity contribution is -0.143. The fraction of sp³-hybridized carbons (Fsp3) is 0.483. The van der Waals surface area contributed by atoms with Gasteiger partial charge in [-0.2, -0.15) is 5.10 Å². The summed E-state index contributed by atoms with van der Waals surface area (Å²) in [6, 6.07) is 10.8. The topological polar surface area (TPSA) is 123 Å². The number of carbonyl (C=O) groups is 3. The number of alkyl carbamates (subject to hydrolysis) is 1. The molecule has 3 amide bonds. The van der Waals surface area contributed by atoms with Crippen molar-refractivity contribution in [1.82, 2.24) is 20.2 Å². The van der Waals surface area contributed by atoms with Gasteiger partial charge in [0.2, 0.25) is 5.91 Å². The Kier molecular flexibility index (Phi) is 9.27. The average Bonchev–Trinajstić information content (AvgIpc) is 3.19. The smallest absolute Gasteiger partial charge is 0.408 e. The fourth-order valence-corrected chi connectivity index (χ4v) is 4.95. The second kappa shape index (κ2) is 12.7. The molecule has 1 unspecified atom stereocenters. The molecule has 11 nitrogen and oxygen atoms in total. The van der Waals surface area contributed by atoms with E-state index in [2.05, 4.69) is 15.4 Å². The Balaban J connectivity index is 1.60. The number of amides is 3. The number of aromatic nitrogens is 1. The molecule has 1 aromatic carbocycles. The summed E-state index contributed by atoms with van der Waals surface area (Å²) in [6.07, 6.45) is -1.78. The van der Waals surface area contributed by atoms with Crippen molar-refractivity contribution in [3.05, 3.63) is 54.4 Å². The summed E-state index contributed by atoms with van der Waals surface area (Å²) in [5.41, 5.74) is -1.22. The minimum Gasteiger partial charge on any atom is -0.497 e. The van der Waals surface area contributed by atoms with Crippen LogP contribution in [0.4, 0.5) is 13.6 Å². The summed E-state index contributed by atoms with van der Waals surface area (Å²) >= 11 is 0. The van der Waals surface area contributed by atoms with Gasteiger partial charge in [-0.05, 0) is 45.0 Å². The molecule has 2 atom stereocenters. The Hall–Kier alpha value is -4.29. The van der Waals surface area contributed by atoms with Crippen LogP contribution in [-0.4, -0.2) is 89.9 Å². The van der Waals surface area contributed by atoms with Crippen molar-refractivity contribution in [3.8, 4) is 11.5 Å². The normalized spacial score (nSPS) is 19.2. The second-order valence-electron chi connectivity index (χ2n) is 11.1. The van der Waals surface area contributed by atoms with Gasteiger partial charge >= 0.3 is 6.09 Å². The number of benzene rings is 1. The highest BCUT2D eigenvalue weighted by Gasteiger charge is 2.55. The summed E-state index contributed by atoms with van der Waals surface area (Å²) in [4.78, 5) is 46.0. The van der Waals surface area contributed by atoms with Gasteiger partial charge in [0, 0.05) is 43.9 Å². The molecule has 3 heterocycles. The highest BCUT2D eigenvalue weighted by atomic mass is 19.3. The largest absolute Gasteiger partial charge is 0.497 e. The molecular formula is C29H35F2N5O6. The van der Waals surface area contributed by atoms with Crippen LogP contribution in [0.2, 0.25) is 0 Å². The highest BCUT2D eigenvalue weighted by molar-refractivity contribution is 6.13. The van der Waals surface area contributed by atoms with E-state index in [1.54, 1.807) is 69.4 Å². The van der Waals surface area contributed by atoms with E-state index in [1.807, 2.05) is 0 Å². The van der Waals surface area contributed by atoms with Gasteiger partial charge in [0.15, 0.2) is 0 Å². The molecule has 2 aliphatic rings. The van der Waals surface area contributed by atoms with Crippen LogP contribution in [0, 0.1) is 5.41 Å². The molecule has 1 aromatic heterocycles. The number of carbonyl (C=O) groups excluding carboxylic acids is 3. The first-order valence-corrected chi connectivity index (χ1v) is 13.5. The number of hydrogen-bond acceptors (Lipinski definition) is 8. The molecule has 1 saturated heterocycles. The number of likely N-dealkylation sites (tertiary alicyclic amines) is 1. The molecule has 226 valence electrons. The predicted molar refractivity (Wildman–Crippen MR) is 148 cm³/mol. The summed E-state index contributed by atoms with van der Waals surface area (Å²) in [6.45, 7) is 4.01. The van der Waals surface area contributed by atoms with Crippen LogP contribution in [-0.2, 0) is 20.7 Å². The quantitative estimate of drug-likeness (QED) is 0.453. The van der Waals surface area contributed by atoms with Crippen molar-refractivity contribution >= 4 is 23.6 Å². The Bertz CT molecular complexity index is 1320. The van der Waals surface area contributed by atoms with Crippen LogP contribution < -0.4 is 14.8 Å². The van der Waals surface area contributed by atoms with Crippen molar-refractivity contribution < 1.29 is 37.4 Å². The van der Waals surface area contributed by atoms with Gasteiger partial charge in [-0.15, -0.1) is 0 Å². The van der Waals surface area contributed by atoms with E-state index >= 15 is 0 Å². The number of hydrazone groups is 1. The Labute approximate surface area is 242 Å². The maximum Gasteiger partial charge on any atom is 0.408 e. The number of fused-ring (bicyclic) bond motifs is 1. The number of rotatable bonds is 10. The number of nitrogens with zero attached hydrogens (tertiary/aromatic N) is 4. The van der Waals surface area contributed by atoms with E-state index in [0.717, 1.165) is 5.01 Å². The molecule has 4 rings (SSSR count). The summed E-state index contributed by atoms with van der Waals surface area (Å²) in [5, 5.41) is 7.63. The zero-order chi connectivity index (χ0) is 30.5. The average molecular weight is 588 g/mol. The first-order chi connectivity index (χ1) is 19.9. The van der Waals surface area contributed by atoms with E-state index in [0.29, 0.717) is 22.9 Å². The molecule has 13 heteroatoms. The maximum atomic E-state index is 13.9. The molecule has 2 aliphatic heterocycles. The van der Waals surface area contributed by atoms with Crippen molar-refractivity contribution in [2.24, 2.45) is 10.5 Å². The van der Waals surface area contributed by atoms with E-state index in [-0.39, 0.29) is 32.5 Å². The lowest BCUT2D eigenvalue weighted by atomic mass is 9.74. The monoisotopic (exact) mass is 587 g/mol. The second-order valence-corrected chi connectivity index (χ2v) is 11.1. The van der Waals surface area contributed by atoms with Crippen LogP contribution in [0.25, 0.3) is 0 Å². The zero-order valence-electron chi connectivity index (χ0n) is 24.0. The number of halogens is 2. The third-order valence-corrected chi connectivity index (χ3v) is 6.80. The number of nitrogens with one attached hydrogen (secondary N) is 1. The molecule has 42 heavy (non-hydrogen) atoms. The summed E-state index contributed by atoms with van der Waals surface area (Å²) < 4.78 is 43.0. The molecule has 0 bridgehead atoms. The minimum absolute atomic E-state index is 0.0689. The first kappa shape index (κ1) is 30.7. The molecule has 2 aromatic rings. The molecule has 0 aliphatic carbocycles. The van der Waals surface area contributed by atoms with Crippen LogP contribution in [0.15, 0.2) is 53.8 Å². The van der Waals surface area contributed by atoms with E-state index < -0.39 is 47.9 Å². The van der Waals surface area contributed by atoms with Crippen molar-refractivity contribution in [2.45, 2.75) is 51.7 Å². The van der Waals surface area contributed by atoms with Crippen molar-refractivity contribution in [3.63, 3.8) is 0 Å². The molecule has 0 saturated carbocycles. The van der Waals surface area contributed by atoms with Gasteiger partial charge in [0.05, 0.1) is 12.8 Å². The van der Waals surface area contributed by atoms with Crippen LogP contribution in [0.1, 0.15) is 32.9 Å². The lowest BCUT2D eigenvalue weighted by Gasteiger charge is -2.40. The Morgan fingerprint density at radius 3 is 2.57 bits per heavy atom. The summed E-state index contributed by atoms with van der Waals surface area (Å²) in [7, 11) is 1.51. The SMILES string of the molecule is COc1cccc(OCC(NC(=O)OC(C)(C)C)C(=O)N2CCC3=NN(CC(F)F)C(=O)[C@]3(Cc3ccccn3)C2)c1. The van der Waals surface area contributed by atoms with Gasteiger partial charge in [0.1, 0.15) is 41.7 Å². The Morgan fingerprint density at radius 2 is 1.90 bits per heavy atom. The standard InChI is InChI=1S/C29H35F2N5O6/c1-28(2,3)42-27(39)33-22(17-41-21-10-7-9-20(14-21)40-4)25(37)35-13-11-23-29(18-35,15-19-8-5-6-12-32-19)26(38)36(34-23)16-24(30)31/h5-10,12,14,22,24H,11,13,15-18H2,1-4H3,(H,33,39)/t22?,29-/m1/s1. The van der Waals surface area contributed by atoms with E-state index in [4.69, 9.17) is 14.2 Å². The maximum absolute atomic E-state index is 13.9. The molecular weight excluding hydrogens is 552 g/mol. The van der Waals surface area contributed by atoms with Gasteiger partial charge in [0.25, 0.3) is 12.3 Å². The third-order valence-electron chi connectivity index (χ3n) is 6.80. The molecule has 1 fully saturated rings. The number of ether oxygens (including phenoxy) is 3. The van der Waals surface area contributed by atoms with Gasteiger partial charge in [-0.25, -0.2) is 18.6 Å². The molecule has 1 N–H and O–H groups in total. The van der Waals surface area contributed by atoms with E-state index in [9.17, 15) is 23.2 Å². The van der Waals surface area contributed by atoms with Gasteiger partial charge in [-0.3, -0.25) is 14.6 Å². The van der Waals surface area contributed by atoms with Crippen molar-refractivity contribution in [2.75, 3.05) is 33.4 Å². The Morgan fingerprint density at radius 1 is 1.14 bits per heavy atom. The van der Waals surface area contributed by atoms with E-state index in [1.165, 1.54) is 12.0 Å². The number of pyridine rings is 1. The van der Waals surface area contributed by atoms with Crippen LogP contribution in [0.5, 0.6) is 11.5 Å². The van der Waals surface area contributed by atoms with Gasteiger partial charge in [-0.1, -0.05) is 12.1 Å². The lowest BCUT2D eigenvalue weighted by Crippen LogP contribution is -2.60. The van der Waals surface area contributed by atoms with Crippen LogP contribution >= 0.6 is 0 Å². The van der Waals surface area contributed by atoms with Gasteiger partial charge < -0.3 is 24.4 Å². The molecule has 0 spiro atoms. The van der Waals surface area contributed by atoms with Crippen LogP contribution in [0.3, 0.4) is 0 Å². The fourth-order valence-electron chi connectivity index (χ4n) is 4.95. The number of methoxy groups -OCH3 is 1. The number of alkyl halides is 2. The zero-order valence-corrected chi connectivity index (χ0v) is 24.0. The third kappa shape index (κ3) is 7.31. The van der Waals surface area contributed by atoms with Crippen molar-refractivity contribution in [1.29, 1.82) is 0 Å². The summed E-state index contributed by atoms with van der Waals surface area (Å²) in [5.74, 6) is -0.192. The minimum atomic E-state index is -2.78. The number of piperidine rings is 1. The number of hydrogen-bond donors (Lipinski definition) is 1. The highest BCUT2D eigenvalue weighted by Crippen LogP contribution is 2.38. The predicted octanol–water partition coefficient (Wildman–Crippen LogP) is 3.29.